The molecule has 2 aromatic rings. The van der Waals surface area contributed by atoms with Gasteiger partial charge in [0.05, 0.1) is 18.2 Å². The molecule has 0 bridgehead atoms. The highest BCUT2D eigenvalue weighted by Gasteiger charge is 2.49. The third-order valence-electron chi connectivity index (χ3n) is 9.08. The quantitative estimate of drug-likeness (QED) is 0.289. The first-order chi connectivity index (χ1) is 20.2. The van der Waals surface area contributed by atoms with Crippen molar-refractivity contribution in [3.8, 4) is 11.5 Å². The number of Topliss-reactive ketones (excluding diaryl/α,β-unsaturated/α-hetero) is 2. The number of rotatable bonds is 8. The van der Waals surface area contributed by atoms with Crippen LogP contribution in [0.1, 0.15) is 81.5 Å². The zero-order valence-electron chi connectivity index (χ0n) is 26.8. The van der Waals surface area contributed by atoms with E-state index in [0.29, 0.717) is 44.1 Å². The molecular formula is C36H44BrNO5. The second kappa shape index (κ2) is 11.9. The van der Waals surface area contributed by atoms with E-state index in [9.17, 15) is 9.59 Å². The lowest BCUT2D eigenvalue weighted by Gasteiger charge is -2.49. The Hall–Kier alpha value is -2.90. The fourth-order valence-electron chi connectivity index (χ4n) is 6.93. The molecule has 0 amide bonds. The van der Waals surface area contributed by atoms with Gasteiger partial charge in [0.15, 0.2) is 23.1 Å². The molecule has 0 radical (unpaired) electrons. The van der Waals surface area contributed by atoms with Crippen molar-refractivity contribution in [2.75, 3.05) is 27.4 Å². The van der Waals surface area contributed by atoms with Gasteiger partial charge in [0.1, 0.15) is 6.61 Å². The van der Waals surface area contributed by atoms with Gasteiger partial charge in [-0.05, 0) is 87.8 Å². The van der Waals surface area contributed by atoms with Crippen LogP contribution in [0.3, 0.4) is 0 Å². The molecule has 3 aliphatic rings. The van der Waals surface area contributed by atoms with Gasteiger partial charge in [0.2, 0.25) is 0 Å². The van der Waals surface area contributed by atoms with Crippen LogP contribution >= 0.6 is 15.9 Å². The van der Waals surface area contributed by atoms with E-state index in [1.807, 2.05) is 12.1 Å². The number of methoxy groups -OCH3 is 2. The molecule has 7 heteroatoms. The molecule has 0 unspecified atom stereocenters. The van der Waals surface area contributed by atoms with Gasteiger partial charge in [-0.2, -0.15) is 0 Å². The smallest absolute Gasteiger partial charge is 0.175 e. The van der Waals surface area contributed by atoms with Gasteiger partial charge in [-0.3, -0.25) is 9.59 Å². The van der Waals surface area contributed by atoms with Crippen molar-refractivity contribution in [2.24, 2.45) is 10.8 Å². The van der Waals surface area contributed by atoms with E-state index >= 15 is 0 Å². The summed E-state index contributed by atoms with van der Waals surface area (Å²) in [5.74, 6) is 0.903. The predicted molar refractivity (Wildman–Crippen MR) is 172 cm³/mol. The van der Waals surface area contributed by atoms with E-state index in [1.54, 1.807) is 14.2 Å². The van der Waals surface area contributed by atoms with Crippen molar-refractivity contribution in [3.63, 3.8) is 0 Å². The molecule has 0 spiro atoms. The standard InChI is InChI=1S/C36H44BrNO5/c1-21-9-10-23(13-22(21)2)20-43-34-25(37)14-24(15-30(34)42-8)31-32-26(16-35(3,4)18-28(32)39)38(11-12-41-7)27-17-36(5,6)19-29(40)33(27)31/h9-10,13-15,31H,11-12,16-20H2,1-8H3. The second-order valence-electron chi connectivity index (χ2n) is 13.9. The fourth-order valence-corrected chi connectivity index (χ4v) is 7.50. The molecule has 0 saturated carbocycles. The van der Waals surface area contributed by atoms with E-state index in [0.717, 1.165) is 51.0 Å². The highest BCUT2D eigenvalue weighted by atomic mass is 79.9. The van der Waals surface area contributed by atoms with E-state index in [-0.39, 0.29) is 22.4 Å². The summed E-state index contributed by atoms with van der Waals surface area (Å²) in [7, 11) is 3.32. The summed E-state index contributed by atoms with van der Waals surface area (Å²) in [6.07, 6.45) is 2.40. The minimum atomic E-state index is -0.463. The Labute approximate surface area is 264 Å². The molecule has 43 heavy (non-hydrogen) atoms. The largest absolute Gasteiger partial charge is 0.493 e. The first-order valence-electron chi connectivity index (χ1n) is 15.1. The average Bonchev–Trinajstić information content (AvgIpc) is 2.91. The van der Waals surface area contributed by atoms with Crippen LogP contribution in [0.15, 0.2) is 57.3 Å². The minimum Gasteiger partial charge on any atom is -0.493 e. The molecule has 0 fully saturated rings. The number of aryl methyl sites for hydroxylation is 2. The molecule has 0 aromatic heterocycles. The van der Waals surface area contributed by atoms with Crippen molar-refractivity contribution in [2.45, 2.75) is 79.8 Å². The van der Waals surface area contributed by atoms with Crippen LogP contribution in [0, 0.1) is 24.7 Å². The summed E-state index contributed by atoms with van der Waals surface area (Å²) in [6, 6.07) is 10.3. The highest BCUT2D eigenvalue weighted by Crippen LogP contribution is 2.55. The molecule has 5 rings (SSSR count). The lowest BCUT2D eigenvalue weighted by molar-refractivity contribution is -0.119. The summed E-state index contributed by atoms with van der Waals surface area (Å²) in [6.45, 7) is 14.3. The average molecular weight is 651 g/mol. The maximum absolute atomic E-state index is 14.1. The topological polar surface area (TPSA) is 65.1 Å². The molecule has 6 nitrogen and oxygen atoms in total. The Morgan fingerprint density at radius 1 is 0.860 bits per heavy atom. The van der Waals surface area contributed by atoms with Crippen LogP contribution in [-0.2, 0) is 20.9 Å². The number of nitrogens with zero attached hydrogens (tertiary/aromatic N) is 1. The zero-order chi connectivity index (χ0) is 31.3. The van der Waals surface area contributed by atoms with Gasteiger partial charge >= 0.3 is 0 Å². The Balaban J connectivity index is 1.64. The number of benzene rings is 2. The Morgan fingerprint density at radius 3 is 2.00 bits per heavy atom. The number of hydrogen-bond donors (Lipinski definition) is 0. The van der Waals surface area contributed by atoms with Crippen molar-refractivity contribution < 1.29 is 23.8 Å². The van der Waals surface area contributed by atoms with E-state index in [1.165, 1.54) is 11.1 Å². The SMILES string of the molecule is COCCN1C2=C(C(=O)CC(C)(C)C2)C(c2cc(Br)c(OCc3ccc(C)c(C)c3)c(OC)c2)C2=C1CC(C)(C)CC2=O. The van der Waals surface area contributed by atoms with Gasteiger partial charge in [0, 0.05) is 55.0 Å². The summed E-state index contributed by atoms with van der Waals surface area (Å²) >= 11 is 3.76. The summed E-state index contributed by atoms with van der Waals surface area (Å²) in [5.41, 5.74) is 7.55. The van der Waals surface area contributed by atoms with E-state index < -0.39 is 5.92 Å². The molecule has 1 aliphatic heterocycles. The van der Waals surface area contributed by atoms with Crippen LogP contribution in [-0.4, -0.2) is 43.8 Å². The van der Waals surface area contributed by atoms with E-state index in [4.69, 9.17) is 14.2 Å². The number of allylic oxidation sites excluding steroid dienone is 4. The second-order valence-corrected chi connectivity index (χ2v) is 14.8. The van der Waals surface area contributed by atoms with Crippen molar-refractivity contribution in [1.82, 2.24) is 4.90 Å². The Bertz CT molecular complexity index is 1480. The number of carbonyl (C=O) groups excluding carboxylic acids is 2. The van der Waals surface area contributed by atoms with Gasteiger partial charge < -0.3 is 19.1 Å². The van der Waals surface area contributed by atoms with Crippen molar-refractivity contribution in [1.29, 1.82) is 0 Å². The summed E-state index contributed by atoms with van der Waals surface area (Å²) in [5, 5.41) is 0. The lowest BCUT2D eigenvalue weighted by atomic mass is 9.63. The summed E-state index contributed by atoms with van der Waals surface area (Å²) < 4.78 is 18.4. The van der Waals surface area contributed by atoms with Crippen LogP contribution in [0.5, 0.6) is 11.5 Å². The third-order valence-corrected chi connectivity index (χ3v) is 9.67. The third kappa shape index (κ3) is 6.21. The van der Waals surface area contributed by atoms with E-state index in [2.05, 4.69) is 80.6 Å². The highest BCUT2D eigenvalue weighted by molar-refractivity contribution is 9.10. The first-order valence-corrected chi connectivity index (χ1v) is 15.9. The van der Waals surface area contributed by atoms with Gasteiger partial charge in [-0.1, -0.05) is 45.9 Å². The first kappa shape index (κ1) is 31.5. The molecule has 1 heterocycles. The number of carbonyl (C=O) groups is 2. The normalized spacial score (nSPS) is 19.9. The molecule has 2 aromatic carbocycles. The van der Waals surface area contributed by atoms with Gasteiger partial charge in [0.25, 0.3) is 0 Å². The Kier molecular flexibility index (Phi) is 8.71. The van der Waals surface area contributed by atoms with Gasteiger partial charge in [-0.15, -0.1) is 0 Å². The molecule has 0 N–H and O–H groups in total. The maximum atomic E-state index is 14.1. The van der Waals surface area contributed by atoms with Crippen molar-refractivity contribution >= 4 is 27.5 Å². The van der Waals surface area contributed by atoms with Crippen molar-refractivity contribution in [3.05, 3.63) is 79.6 Å². The number of hydrogen-bond acceptors (Lipinski definition) is 6. The molecule has 2 aliphatic carbocycles. The number of ether oxygens (including phenoxy) is 3. The maximum Gasteiger partial charge on any atom is 0.175 e. The minimum absolute atomic E-state index is 0.105. The molecule has 230 valence electrons. The molecule has 0 atom stereocenters. The monoisotopic (exact) mass is 649 g/mol. The lowest BCUT2D eigenvalue weighted by Crippen LogP contribution is -2.45. The molecular weight excluding hydrogens is 606 g/mol. The van der Waals surface area contributed by atoms with Crippen LogP contribution in [0.2, 0.25) is 0 Å². The predicted octanol–water partition coefficient (Wildman–Crippen LogP) is 7.99. The number of halogens is 1. The van der Waals surface area contributed by atoms with Crippen LogP contribution in [0.25, 0.3) is 0 Å². The summed E-state index contributed by atoms with van der Waals surface area (Å²) in [4.78, 5) is 30.4. The molecule has 0 saturated heterocycles. The van der Waals surface area contributed by atoms with Gasteiger partial charge in [-0.25, -0.2) is 0 Å². The number of ketones is 2. The fraction of sp³-hybridized carbons (Fsp3) is 0.500. The van der Waals surface area contributed by atoms with Crippen LogP contribution < -0.4 is 9.47 Å². The zero-order valence-corrected chi connectivity index (χ0v) is 28.4. The van der Waals surface area contributed by atoms with Crippen LogP contribution in [0.4, 0.5) is 0 Å². The Morgan fingerprint density at radius 2 is 1.47 bits per heavy atom.